The Morgan fingerprint density at radius 1 is 1.16 bits per heavy atom. The number of ether oxygens (including phenoxy) is 2. The van der Waals surface area contributed by atoms with Gasteiger partial charge in [0.15, 0.2) is 0 Å². The number of aldehydes is 1. The molecule has 0 aliphatic carbocycles. The maximum atomic E-state index is 10.5. The first-order valence-electron chi connectivity index (χ1n) is 9.47. The number of rotatable bonds is 7. The maximum Gasteiger partial charge on any atom is 0.120 e. The summed E-state index contributed by atoms with van der Waals surface area (Å²) in [6, 6.07) is 0. The molecule has 0 aromatic rings. The van der Waals surface area contributed by atoms with Crippen molar-refractivity contribution in [1.82, 2.24) is 0 Å². The number of aliphatic hydroxyl groups is 1. The van der Waals surface area contributed by atoms with Crippen molar-refractivity contribution in [2.24, 2.45) is 5.41 Å². The molecule has 0 bridgehead atoms. The van der Waals surface area contributed by atoms with Crippen LogP contribution >= 0.6 is 0 Å². The summed E-state index contributed by atoms with van der Waals surface area (Å²) in [7, 11) is 0. The normalized spacial score (nSPS) is 30.8. The van der Waals surface area contributed by atoms with Gasteiger partial charge in [0.2, 0.25) is 0 Å². The zero-order valence-corrected chi connectivity index (χ0v) is 16.2. The quantitative estimate of drug-likeness (QED) is 0.557. The molecule has 1 N–H and O–H groups in total. The van der Waals surface area contributed by atoms with E-state index in [1.54, 1.807) is 0 Å². The van der Waals surface area contributed by atoms with Gasteiger partial charge in [-0.1, -0.05) is 32.9 Å². The van der Waals surface area contributed by atoms with Crippen LogP contribution in [0.4, 0.5) is 0 Å². The fourth-order valence-electron chi connectivity index (χ4n) is 3.97. The minimum Gasteiger partial charge on any atom is -0.392 e. The SMILES string of the molecule is C=C1C[C@H](CCC=O)O[C@H]1CC[C@H]1CC(C)=C(CO)C(C(C)(C)C)O1. The number of carbonyl (C=O) groups is 1. The molecule has 2 heterocycles. The van der Waals surface area contributed by atoms with Crippen LogP contribution in [-0.2, 0) is 14.3 Å². The maximum absolute atomic E-state index is 10.5. The largest absolute Gasteiger partial charge is 0.392 e. The second kappa shape index (κ2) is 8.61. The molecule has 4 heteroatoms. The van der Waals surface area contributed by atoms with Crippen LogP contribution in [0.3, 0.4) is 0 Å². The lowest BCUT2D eigenvalue weighted by Gasteiger charge is -2.40. The molecule has 4 atom stereocenters. The van der Waals surface area contributed by atoms with E-state index in [4.69, 9.17) is 9.47 Å². The third-order valence-electron chi connectivity index (χ3n) is 5.34. The van der Waals surface area contributed by atoms with Crippen LogP contribution in [0.2, 0.25) is 0 Å². The molecule has 0 amide bonds. The van der Waals surface area contributed by atoms with Gasteiger partial charge in [0, 0.05) is 6.42 Å². The summed E-state index contributed by atoms with van der Waals surface area (Å²) in [6.07, 6.45) is 6.19. The number of aliphatic hydroxyl groups excluding tert-OH is 1. The van der Waals surface area contributed by atoms with E-state index in [9.17, 15) is 9.90 Å². The van der Waals surface area contributed by atoms with Crippen LogP contribution < -0.4 is 0 Å². The van der Waals surface area contributed by atoms with Crippen molar-refractivity contribution in [1.29, 1.82) is 0 Å². The highest BCUT2D eigenvalue weighted by atomic mass is 16.5. The van der Waals surface area contributed by atoms with Crippen LogP contribution in [0.25, 0.3) is 0 Å². The monoisotopic (exact) mass is 350 g/mol. The summed E-state index contributed by atoms with van der Waals surface area (Å²) in [5.74, 6) is 0. The van der Waals surface area contributed by atoms with Crippen LogP contribution in [0.5, 0.6) is 0 Å². The van der Waals surface area contributed by atoms with E-state index in [2.05, 4.69) is 34.3 Å². The van der Waals surface area contributed by atoms with E-state index in [1.807, 2.05) is 0 Å². The number of hydrogen-bond acceptors (Lipinski definition) is 4. The highest BCUT2D eigenvalue weighted by molar-refractivity contribution is 5.49. The summed E-state index contributed by atoms with van der Waals surface area (Å²) in [5.41, 5.74) is 3.40. The Hall–Kier alpha value is -0.970. The Morgan fingerprint density at radius 3 is 2.44 bits per heavy atom. The van der Waals surface area contributed by atoms with Gasteiger partial charge in [-0.05, 0) is 55.6 Å². The summed E-state index contributed by atoms with van der Waals surface area (Å²) < 4.78 is 12.4. The Morgan fingerprint density at radius 2 is 1.84 bits per heavy atom. The lowest BCUT2D eigenvalue weighted by molar-refractivity contribution is -0.108. The van der Waals surface area contributed by atoms with E-state index < -0.39 is 0 Å². The molecule has 1 fully saturated rings. The molecule has 25 heavy (non-hydrogen) atoms. The predicted molar refractivity (Wildman–Crippen MR) is 99.5 cm³/mol. The second-order valence-corrected chi connectivity index (χ2v) is 8.60. The molecule has 142 valence electrons. The highest BCUT2D eigenvalue weighted by Gasteiger charge is 2.36. The van der Waals surface area contributed by atoms with Crippen molar-refractivity contribution in [2.45, 2.75) is 90.6 Å². The lowest BCUT2D eigenvalue weighted by Crippen LogP contribution is -2.40. The van der Waals surface area contributed by atoms with Gasteiger partial charge in [0.05, 0.1) is 31.0 Å². The third kappa shape index (κ3) is 5.25. The van der Waals surface area contributed by atoms with Crippen LogP contribution in [0, 0.1) is 5.41 Å². The van der Waals surface area contributed by atoms with Crippen molar-refractivity contribution in [3.05, 3.63) is 23.3 Å². The Balaban J connectivity index is 1.92. The number of hydrogen-bond donors (Lipinski definition) is 1. The standard InChI is InChI=1S/C21H34O4/c1-14-11-17(25-20(18(14)13-23)21(3,4)5)8-9-19-15(2)12-16(24-19)7-6-10-22/h10,16-17,19-20,23H,2,6-9,11-13H2,1,3-5H3/t16-,17-,19-,20?/m0/s1. The van der Waals surface area contributed by atoms with Crippen molar-refractivity contribution in [3.8, 4) is 0 Å². The third-order valence-corrected chi connectivity index (χ3v) is 5.34. The molecule has 1 saturated heterocycles. The molecule has 4 nitrogen and oxygen atoms in total. The summed E-state index contributed by atoms with van der Waals surface area (Å²) in [6.45, 7) is 12.8. The first kappa shape index (κ1) is 20.3. The molecular formula is C21H34O4. The average molecular weight is 350 g/mol. The van der Waals surface area contributed by atoms with E-state index in [1.165, 1.54) is 5.57 Å². The molecular weight excluding hydrogens is 316 g/mol. The van der Waals surface area contributed by atoms with E-state index >= 15 is 0 Å². The topological polar surface area (TPSA) is 55.8 Å². The van der Waals surface area contributed by atoms with Gasteiger partial charge in [-0.25, -0.2) is 0 Å². The zero-order valence-electron chi connectivity index (χ0n) is 16.2. The Kier molecular flexibility index (Phi) is 7.01. The van der Waals surface area contributed by atoms with Crippen LogP contribution in [0.1, 0.15) is 66.2 Å². The van der Waals surface area contributed by atoms with Crippen molar-refractivity contribution in [3.63, 3.8) is 0 Å². The van der Waals surface area contributed by atoms with Gasteiger partial charge in [-0.15, -0.1) is 0 Å². The van der Waals surface area contributed by atoms with Gasteiger partial charge in [0.25, 0.3) is 0 Å². The fraction of sp³-hybridized carbons (Fsp3) is 0.762. The number of carbonyl (C=O) groups excluding carboxylic acids is 1. The molecule has 2 aliphatic rings. The first-order valence-corrected chi connectivity index (χ1v) is 9.47. The van der Waals surface area contributed by atoms with Crippen LogP contribution in [-0.4, -0.2) is 42.4 Å². The zero-order chi connectivity index (χ0) is 18.6. The van der Waals surface area contributed by atoms with E-state index in [0.717, 1.165) is 49.5 Å². The minimum atomic E-state index is -0.0377. The van der Waals surface area contributed by atoms with E-state index in [0.29, 0.717) is 6.42 Å². The van der Waals surface area contributed by atoms with Crippen molar-refractivity contribution < 1.29 is 19.4 Å². The Bertz CT molecular complexity index is 514. The molecule has 0 radical (unpaired) electrons. The molecule has 1 unspecified atom stereocenters. The summed E-state index contributed by atoms with van der Waals surface area (Å²) in [4.78, 5) is 10.5. The fourth-order valence-corrected chi connectivity index (χ4v) is 3.97. The average Bonchev–Trinajstić information content (AvgIpc) is 2.89. The van der Waals surface area contributed by atoms with Crippen molar-refractivity contribution in [2.75, 3.05) is 6.61 Å². The summed E-state index contributed by atoms with van der Waals surface area (Å²) in [5, 5.41) is 9.72. The van der Waals surface area contributed by atoms with Gasteiger partial charge < -0.3 is 19.4 Å². The van der Waals surface area contributed by atoms with E-state index in [-0.39, 0.29) is 36.4 Å². The van der Waals surface area contributed by atoms with Gasteiger partial charge in [-0.2, -0.15) is 0 Å². The predicted octanol–water partition coefficient (Wildman–Crippen LogP) is 3.97. The van der Waals surface area contributed by atoms with Crippen molar-refractivity contribution >= 4 is 6.29 Å². The van der Waals surface area contributed by atoms with Gasteiger partial charge in [-0.3, -0.25) is 0 Å². The molecule has 0 spiro atoms. The molecule has 0 saturated carbocycles. The lowest BCUT2D eigenvalue weighted by atomic mass is 9.80. The van der Waals surface area contributed by atoms with Gasteiger partial charge >= 0.3 is 0 Å². The minimum absolute atomic E-state index is 0.0363. The van der Waals surface area contributed by atoms with Gasteiger partial charge in [0.1, 0.15) is 6.29 Å². The smallest absolute Gasteiger partial charge is 0.120 e. The Labute approximate surface area is 152 Å². The second-order valence-electron chi connectivity index (χ2n) is 8.60. The molecule has 2 aliphatic heterocycles. The molecule has 0 aromatic carbocycles. The molecule has 0 aromatic heterocycles. The highest BCUT2D eigenvalue weighted by Crippen LogP contribution is 2.38. The first-order chi connectivity index (χ1) is 11.8. The summed E-state index contributed by atoms with van der Waals surface area (Å²) >= 11 is 0. The molecule has 2 rings (SSSR count). The van der Waals surface area contributed by atoms with Crippen LogP contribution in [0.15, 0.2) is 23.3 Å².